The van der Waals surface area contributed by atoms with E-state index in [0.29, 0.717) is 19.0 Å². The van der Waals surface area contributed by atoms with Crippen LogP contribution >= 0.6 is 0 Å². The van der Waals surface area contributed by atoms with Gasteiger partial charge >= 0.3 is 0 Å². The summed E-state index contributed by atoms with van der Waals surface area (Å²) in [6.45, 7) is 7.91. The molecule has 1 heterocycles. The minimum Gasteiger partial charge on any atom is -0.342 e. The van der Waals surface area contributed by atoms with E-state index in [-0.39, 0.29) is 35.7 Å². The molecule has 1 saturated heterocycles. The van der Waals surface area contributed by atoms with Gasteiger partial charge in [0, 0.05) is 32.1 Å². The van der Waals surface area contributed by atoms with Crippen LogP contribution in [0.1, 0.15) is 33.6 Å². The zero-order valence-electron chi connectivity index (χ0n) is 13.1. The molecule has 0 radical (unpaired) electrons. The van der Waals surface area contributed by atoms with E-state index in [4.69, 9.17) is 5.73 Å². The third-order valence-electron chi connectivity index (χ3n) is 5.57. The zero-order valence-corrected chi connectivity index (χ0v) is 13.1. The van der Waals surface area contributed by atoms with E-state index < -0.39 is 0 Å². The number of hydrogen-bond acceptors (Lipinski definition) is 3. The minimum atomic E-state index is -0.110. The monoisotopic (exact) mass is 281 g/mol. The molecule has 3 atom stereocenters. The Morgan fingerprint density at radius 3 is 2.55 bits per heavy atom. The first-order chi connectivity index (χ1) is 9.25. The summed E-state index contributed by atoms with van der Waals surface area (Å²) in [5.74, 6) is 0.458. The van der Waals surface area contributed by atoms with Crippen LogP contribution in [-0.2, 0) is 9.59 Å². The van der Waals surface area contributed by atoms with Crippen LogP contribution < -0.4 is 5.73 Å². The van der Waals surface area contributed by atoms with E-state index in [1.165, 1.54) is 0 Å². The standard InChI is InChI=1S/C15H27N3O2/c1-10-12(16)6-5-11(15(10,2)3)14(20)18-8-7-17(4)13(19)9-18/h10-12H,5-9,16H2,1-4H3. The Kier molecular flexibility index (Phi) is 4.09. The quantitative estimate of drug-likeness (QED) is 0.769. The highest BCUT2D eigenvalue weighted by Gasteiger charge is 2.46. The molecule has 0 bridgehead atoms. The van der Waals surface area contributed by atoms with Crippen molar-refractivity contribution < 1.29 is 9.59 Å². The van der Waals surface area contributed by atoms with Crippen molar-refractivity contribution in [2.24, 2.45) is 23.0 Å². The van der Waals surface area contributed by atoms with Crippen LogP contribution in [0.15, 0.2) is 0 Å². The van der Waals surface area contributed by atoms with E-state index in [2.05, 4.69) is 20.8 Å². The summed E-state index contributed by atoms with van der Waals surface area (Å²) in [6.07, 6.45) is 1.72. The van der Waals surface area contributed by atoms with Gasteiger partial charge in [-0.05, 0) is 24.2 Å². The summed E-state index contributed by atoms with van der Waals surface area (Å²) in [4.78, 5) is 28.0. The van der Waals surface area contributed by atoms with Gasteiger partial charge in [0.25, 0.3) is 0 Å². The van der Waals surface area contributed by atoms with Gasteiger partial charge in [-0.25, -0.2) is 0 Å². The molecular weight excluding hydrogens is 254 g/mol. The van der Waals surface area contributed by atoms with Crippen LogP contribution in [0.25, 0.3) is 0 Å². The summed E-state index contributed by atoms with van der Waals surface area (Å²) < 4.78 is 0. The first kappa shape index (κ1) is 15.3. The molecule has 0 aromatic heterocycles. The van der Waals surface area contributed by atoms with Crippen molar-refractivity contribution in [1.82, 2.24) is 9.80 Å². The Bertz CT molecular complexity index is 408. The first-order valence-electron chi connectivity index (χ1n) is 7.53. The van der Waals surface area contributed by atoms with Gasteiger partial charge < -0.3 is 15.5 Å². The number of likely N-dealkylation sites (N-methyl/N-ethyl adjacent to an activating group) is 1. The third kappa shape index (κ3) is 2.55. The van der Waals surface area contributed by atoms with Crippen molar-refractivity contribution in [2.45, 2.75) is 39.7 Å². The SMILES string of the molecule is CC1C(N)CCC(C(=O)N2CCN(C)C(=O)C2)C1(C)C. The lowest BCUT2D eigenvalue weighted by Crippen LogP contribution is -2.56. The lowest BCUT2D eigenvalue weighted by molar-refractivity contribution is -0.151. The largest absolute Gasteiger partial charge is 0.342 e. The molecule has 2 aliphatic rings. The van der Waals surface area contributed by atoms with Gasteiger partial charge in [0.1, 0.15) is 0 Å². The van der Waals surface area contributed by atoms with Crippen molar-refractivity contribution in [2.75, 3.05) is 26.7 Å². The zero-order chi connectivity index (χ0) is 15.1. The van der Waals surface area contributed by atoms with Crippen LogP contribution in [0.4, 0.5) is 0 Å². The lowest BCUT2D eigenvalue weighted by Gasteiger charge is -2.47. The second kappa shape index (κ2) is 5.35. The fourth-order valence-electron chi connectivity index (χ4n) is 3.46. The molecule has 0 aromatic carbocycles. The Balaban J connectivity index is 2.11. The second-order valence-electron chi connectivity index (χ2n) is 6.98. The van der Waals surface area contributed by atoms with Crippen LogP contribution in [0.2, 0.25) is 0 Å². The van der Waals surface area contributed by atoms with E-state index in [9.17, 15) is 9.59 Å². The first-order valence-corrected chi connectivity index (χ1v) is 7.53. The Morgan fingerprint density at radius 2 is 1.95 bits per heavy atom. The van der Waals surface area contributed by atoms with Crippen molar-refractivity contribution >= 4 is 11.8 Å². The average molecular weight is 281 g/mol. The highest BCUT2D eigenvalue weighted by Crippen LogP contribution is 2.45. The predicted octanol–water partition coefficient (Wildman–Crippen LogP) is 0.687. The molecule has 20 heavy (non-hydrogen) atoms. The van der Waals surface area contributed by atoms with Crippen molar-refractivity contribution in [1.29, 1.82) is 0 Å². The van der Waals surface area contributed by atoms with Crippen molar-refractivity contribution in [3.05, 3.63) is 0 Å². The fraction of sp³-hybridized carbons (Fsp3) is 0.867. The smallest absolute Gasteiger partial charge is 0.241 e. The van der Waals surface area contributed by atoms with E-state index in [1.807, 2.05) is 0 Å². The number of amides is 2. The molecule has 3 unspecified atom stereocenters. The normalized spacial score (nSPS) is 34.2. The van der Waals surface area contributed by atoms with Gasteiger partial charge in [0.05, 0.1) is 6.54 Å². The van der Waals surface area contributed by atoms with Crippen molar-refractivity contribution in [3.8, 4) is 0 Å². The summed E-state index contributed by atoms with van der Waals surface area (Å²) >= 11 is 0. The maximum absolute atomic E-state index is 12.8. The summed E-state index contributed by atoms with van der Waals surface area (Å²) in [7, 11) is 1.79. The second-order valence-corrected chi connectivity index (χ2v) is 6.98. The summed E-state index contributed by atoms with van der Waals surface area (Å²) in [5.41, 5.74) is 6.04. The Labute approximate surface area is 121 Å². The molecule has 1 aliphatic carbocycles. The number of carbonyl (C=O) groups excluding carboxylic acids is 2. The van der Waals surface area contributed by atoms with Crippen LogP contribution in [0, 0.1) is 17.3 Å². The molecule has 1 aliphatic heterocycles. The van der Waals surface area contributed by atoms with Gasteiger partial charge in [-0.3, -0.25) is 9.59 Å². The minimum absolute atomic E-state index is 0.0199. The van der Waals surface area contributed by atoms with Gasteiger partial charge in [-0.15, -0.1) is 0 Å². The summed E-state index contributed by atoms with van der Waals surface area (Å²) in [6, 6.07) is 0.170. The topological polar surface area (TPSA) is 66.6 Å². The van der Waals surface area contributed by atoms with Crippen LogP contribution in [-0.4, -0.2) is 54.3 Å². The molecule has 2 amide bonds. The lowest BCUT2D eigenvalue weighted by atomic mass is 9.60. The molecule has 0 aromatic rings. The molecule has 5 nitrogen and oxygen atoms in total. The molecule has 114 valence electrons. The van der Waals surface area contributed by atoms with Crippen molar-refractivity contribution in [3.63, 3.8) is 0 Å². The molecular formula is C15H27N3O2. The van der Waals surface area contributed by atoms with Crippen LogP contribution in [0.5, 0.6) is 0 Å². The highest BCUT2D eigenvalue weighted by atomic mass is 16.2. The van der Waals surface area contributed by atoms with E-state index >= 15 is 0 Å². The average Bonchev–Trinajstić information content (AvgIpc) is 2.39. The Hall–Kier alpha value is -1.10. The maximum atomic E-state index is 12.8. The number of rotatable bonds is 1. The molecule has 1 saturated carbocycles. The number of hydrogen-bond donors (Lipinski definition) is 1. The van der Waals surface area contributed by atoms with Crippen LogP contribution in [0.3, 0.4) is 0 Å². The molecule has 0 spiro atoms. The van der Waals surface area contributed by atoms with Gasteiger partial charge in [0.2, 0.25) is 11.8 Å². The number of nitrogens with two attached hydrogens (primary N) is 1. The highest BCUT2D eigenvalue weighted by molar-refractivity contribution is 5.87. The van der Waals surface area contributed by atoms with Gasteiger partial charge in [0.15, 0.2) is 0 Å². The number of carbonyl (C=O) groups is 2. The fourth-order valence-corrected chi connectivity index (χ4v) is 3.46. The number of nitrogens with zero attached hydrogens (tertiary/aromatic N) is 2. The predicted molar refractivity (Wildman–Crippen MR) is 77.9 cm³/mol. The maximum Gasteiger partial charge on any atom is 0.241 e. The third-order valence-corrected chi connectivity index (χ3v) is 5.57. The van der Waals surface area contributed by atoms with Gasteiger partial charge in [-0.2, -0.15) is 0 Å². The molecule has 5 heteroatoms. The summed E-state index contributed by atoms with van der Waals surface area (Å²) in [5, 5.41) is 0. The Morgan fingerprint density at radius 1 is 1.30 bits per heavy atom. The van der Waals surface area contributed by atoms with E-state index in [0.717, 1.165) is 12.8 Å². The molecule has 2 fully saturated rings. The van der Waals surface area contributed by atoms with Gasteiger partial charge in [-0.1, -0.05) is 20.8 Å². The molecule has 2 N–H and O–H groups in total. The molecule has 2 rings (SSSR count). The van der Waals surface area contributed by atoms with E-state index in [1.54, 1.807) is 16.8 Å². The number of piperazine rings is 1.